The average Bonchev–Trinajstić information content (AvgIpc) is 2.57. The second-order valence-corrected chi connectivity index (χ2v) is 5.88. The molecule has 1 aliphatic rings. The Bertz CT molecular complexity index is 395. The van der Waals surface area contributed by atoms with Crippen molar-refractivity contribution < 1.29 is 8.42 Å². The van der Waals surface area contributed by atoms with Gasteiger partial charge in [0.05, 0.1) is 12.6 Å². The van der Waals surface area contributed by atoms with Crippen molar-refractivity contribution in [1.29, 1.82) is 5.26 Å². The van der Waals surface area contributed by atoms with E-state index in [1.807, 2.05) is 6.07 Å². The first-order chi connectivity index (χ1) is 8.12. The monoisotopic (exact) mass is 255 g/mol. The van der Waals surface area contributed by atoms with Crippen LogP contribution >= 0.6 is 0 Å². The lowest BCUT2D eigenvalue weighted by Crippen LogP contribution is -2.44. The van der Waals surface area contributed by atoms with E-state index in [4.69, 9.17) is 11.7 Å². The fourth-order valence-electron chi connectivity index (χ4n) is 1.84. The molecule has 1 rings (SSSR count). The van der Waals surface area contributed by atoms with Gasteiger partial charge in [0.25, 0.3) is 10.2 Å². The normalized spacial score (nSPS) is 18.3. The summed E-state index contributed by atoms with van der Waals surface area (Å²) in [5.41, 5.74) is 0. The number of rotatable bonds is 4. The van der Waals surface area contributed by atoms with Gasteiger partial charge in [-0.05, 0) is 12.8 Å². The molecule has 1 heterocycles. The molecule has 1 saturated heterocycles. The first-order valence-corrected chi connectivity index (χ1v) is 7.08. The summed E-state index contributed by atoms with van der Waals surface area (Å²) in [7, 11) is -3.57. The molecule has 0 aromatic heterocycles. The fourth-order valence-corrected chi connectivity index (χ4v) is 3.34. The lowest BCUT2D eigenvalue weighted by Gasteiger charge is -2.26. The maximum absolute atomic E-state index is 12.2. The third-order valence-electron chi connectivity index (χ3n) is 2.73. The zero-order valence-corrected chi connectivity index (χ0v) is 10.6. The van der Waals surface area contributed by atoms with Crippen LogP contribution in [0.15, 0.2) is 0 Å². The van der Waals surface area contributed by atoms with Gasteiger partial charge in [0.1, 0.15) is 6.54 Å². The third kappa shape index (κ3) is 3.71. The Morgan fingerprint density at radius 3 is 2.24 bits per heavy atom. The largest absolute Gasteiger partial charge is 0.283 e. The Kier molecular flexibility index (Phi) is 5.43. The minimum atomic E-state index is -3.57. The zero-order chi connectivity index (χ0) is 12.7. The molecule has 17 heavy (non-hydrogen) atoms. The van der Waals surface area contributed by atoms with Crippen molar-refractivity contribution in [3.8, 4) is 18.4 Å². The molecule has 94 valence electrons. The quantitative estimate of drug-likeness (QED) is 0.545. The van der Waals surface area contributed by atoms with E-state index in [2.05, 4.69) is 5.92 Å². The first kappa shape index (κ1) is 14.0. The smallest absolute Gasteiger partial charge is 0.197 e. The van der Waals surface area contributed by atoms with Gasteiger partial charge in [-0.15, -0.1) is 6.42 Å². The molecule has 0 unspecified atom stereocenters. The Hall–Kier alpha value is -1.08. The van der Waals surface area contributed by atoms with Crippen molar-refractivity contribution in [3.63, 3.8) is 0 Å². The van der Waals surface area contributed by atoms with Crippen molar-refractivity contribution in [1.82, 2.24) is 8.61 Å². The summed E-state index contributed by atoms with van der Waals surface area (Å²) in [5.74, 6) is 2.28. The lowest BCUT2D eigenvalue weighted by molar-refractivity contribution is 0.368. The first-order valence-electron chi connectivity index (χ1n) is 5.68. The highest BCUT2D eigenvalue weighted by Gasteiger charge is 2.29. The van der Waals surface area contributed by atoms with Gasteiger partial charge in [-0.1, -0.05) is 18.8 Å². The van der Waals surface area contributed by atoms with Gasteiger partial charge >= 0.3 is 0 Å². The van der Waals surface area contributed by atoms with Gasteiger partial charge in [-0.2, -0.15) is 22.3 Å². The highest BCUT2D eigenvalue weighted by molar-refractivity contribution is 7.86. The molecule has 6 heteroatoms. The van der Waals surface area contributed by atoms with E-state index in [0.717, 1.165) is 30.0 Å². The third-order valence-corrected chi connectivity index (χ3v) is 4.66. The van der Waals surface area contributed by atoms with Gasteiger partial charge in [0.2, 0.25) is 0 Å². The van der Waals surface area contributed by atoms with E-state index in [9.17, 15) is 8.42 Å². The van der Waals surface area contributed by atoms with Crippen LogP contribution in [0.4, 0.5) is 0 Å². The van der Waals surface area contributed by atoms with Gasteiger partial charge < -0.3 is 0 Å². The highest BCUT2D eigenvalue weighted by atomic mass is 32.2. The van der Waals surface area contributed by atoms with E-state index in [1.54, 1.807) is 0 Å². The van der Waals surface area contributed by atoms with E-state index < -0.39 is 10.2 Å². The molecule has 0 spiro atoms. The second kappa shape index (κ2) is 6.61. The van der Waals surface area contributed by atoms with Gasteiger partial charge in [0, 0.05) is 13.1 Å². The molecule has 0 amide bonds. The van der Waals surface area contributed by atoms with Gasteiger partial charge in [0.15, 0.2) is 0 Å². The second-order valence-electron chi connectivity index (χ2n) is 3.95. The molecule has 0 aliphatic carbocycles. The predicted octanol–water partition coefficient (Wildman–Crippen LogP) is 0.566. The molecule has 0 aromatic carbocycles. The molecule has 0 bridgehead atoms. The van der Waals surface area contributed by atoms with Gasteiger partial charge in [-0.3, -0.25) is 0 Å². The number of hydrogen-bond acceptors (Lipinski definition) is 3. The molecule has 0 saturated carbocycles. The minimum Gasteiger partial charge on any atom is -0.197 e. The van der Waals surface area contributed by atoms with Crippen LogP contribution in [0.5, 0.6) is 0 Å². The Balaban J connectivity index is 2.83. The van der Waals surface area contributed by atoms with Crippen LogP contribution in [0.3, 0.4) is 0 Å². The van der Waals surface area contributed by atoms with Crippen LogP contribution in [0, 0.1) is 23.7 Å². The molecular weight excluding hydrogens is 238 g/mol. The molecular formula is C11H17N3O2S. The molecule has 0 N–H and O–H groups in total. The van der Waals surface area contributed by atoms with Crippen molar-refractivity contribution in [2.75, 3.05) is 26.2 Å². The zero-order valence-electron chi connectivity index (χ0n) is 9.80. The maximum Gasteiger partial charge on any atom is 0.283 e. The highest BCUT2D eigenvalue weighted by Crippen LogP contribution is 2.15. The molecule has 5 nitrogen and oxygen atoms in total. The average molecular weight is 255 g/mol. The fraction of sp³-hybridized carbons (Fsp3) is 0.727. The van der Waals surface area contributed by atoms with E-state index in [0.29, 0.717) is 13.1 Å². The standard InChI is InChI=1S/C11H17N3O2S/c1-2-8-13(11-7-12)17(15,16)14-9-5-3-4-6-10-14/h1H,3-6,8-11H2. The summed E-state index contributed by atoms with van der Waals surface area (Å²) < 4.78 is 26.9. The van der Waals surface area contributed by atoms with Crippen molar-refractivity contribution >= 4 is 10.2 Å². The minimum absolute atomic E-state index is 0.0492. The van der Waals surface area contributed by atoms with E-state index >= 15 is 0 Å². The summed E-state index contributed by atoms with van der Waals surface area (Å²) in [5, 5.41) is 8.64. The van der Waals surface area contributed by atoms with Crippen LogP contribution in [-0.2, 0) is 10.2 Å². The lowest BCUT2D eigenvalue weighted by atomic mass is 10.2. The van der Waals surface area contributed by atoms with Crippen LogP contribution in [-0.4, -0.2) is 43.2 Å². The van der Waals surface area contributed by atoms with Crippen molar-refractivity contribution in [3.05, 3.63) is 0 Å². The molecule has 1 aliphatic heterocycles. The van der Waals surface area contributed by atoms with Crippen LogP contribution in [0.25, 0.3) is 0 Å². The van der Waals surface area contributed by atoms with Crippen molar-refractivity contribution in [2.45, 2.75) is 25.7 Å². The number of nitriles is 1. The summed E-state index contributed by atoms with van der Waals surface area (Å²) in [6.45, 7) is 0.805. The topological polar surface area (TPSA) is 64.4 Å². The molecule has 0 radical (unpaired) electrons. The summed E-state index contributed by atoms with van der Waals surface area (Å²) in [4.78, 5) is 0. The van der Waals surface area contributed by atoms with Gasteiger partial charge in [-0.25, -0.2) is 0 Å². The van der Waals surface area contributed by atoms with Crippen LogP contribution in [0.2, 0.25) is 0 Å². The maximum atomic E-state index is 12.2. The van der Waals surface area contributed by atoms with Crippen LogP contribution in [0.1, 0.15) is 25.7 Å². The Labute approximate surface area is 103 Å². The summed E-state index contributed by atoms with van der Waals surface area (Å²) in [6.07, 6.45) is 8.98. The summed E-state index contributed by atoms with van der Waals surface area (Å²) in [6, 6.07) is 1.84. The predicted molar refractivity (Wildman–Crippen MR) is 65.0 cm³/mol. The van der Waals surface area contributed by atoms with Crippen LogP contribution < -0.4 is 0 Å². The number of hydrogen-bond donors (Lipinski definition) is 0. The Morgan fingerprint density at radius 1 is 1.18 bits per heavy atom. The molecule has 1 fully saturated rings. The summed E-state index contributed by atoms with van der Waals surface area (Å²) >= 11 is 0. The van der Waals surface area contributed by atoms with E-state index in [1.165, 1.54) is 4.31 Å². The van der Waals surface area contributed by atoms with Crippen molar-refractivity contribution in [2.24, 2.45) is 0 Å². The Morgan fingerprint density at radius 2 is 1.76 bits per heavy atom. The number of nitrogens with zero attached hydrogens (tertiary/aromatic N) is 3. The SMILES string of the molecule is C#CCN(CC#N)S(=O)(=O)N1CCCCCC1. The van der Waals surface area contributed by atoms with E-state index in [-0.39, 0.29) is 13.1 Å². The molecule has 0 aromatic rings. The molecule has 0 atom stereocenters. The number of terminal acetylenes is 1.